The SMILES string of the molecule is CN(C)c1ccccc1CS(=O)c1nc2ncccc2[nH]1. The van der Waals surface area contributed by atoms with Crippen LogP contribution in [0.4, 0.5) is 5.69 Å². The number of aromatic nitrogens is 3. The lowest BCUT2D eigenvalue weighted by atomic mass is 10.2. The van der Waals surface area contributed by atoms with E-state index in [1.807, 2.05) is 55.4 Å². The highest BCUT2D eigenvalue weighted by Gasteiger charge is 2.13. The van der Waals surface area contributed by atoms with Crippen LogP contribution >= 0.6 is 0 Å². The molecule has 5 nitrogen and oxygen atoms in total. The van der Waals surface area contributed by atoms with Gasteiger partial charge in [0.15, 0.2) is 10.8 Å². The maximum atomic E-state index is 12.5. The summed E-state index contributed by atoms with van der Waals surface area (Å²) in [7, 11) is 2.73. The Balaban J connectivity index is 1.89. The molecule has 1 N–H and O–H groups in total. The van der Waals surface area contributed by atoms with Gasteiger partial charge in [0.05, 0.1) is 22.1 Å². The number of hydrogen-bond donors (Lipinski definition) is 1. The van der Waals surface area contributed by atoms with E-state index in [0.717, 1.165) is 16.8 Å². The van der Waals surface area contributed by atoms with Crippen molar-refractivity contribution in [3.8, 4) is 0 Å². The zero-order valence-electron chi connectivity index (χ0n) is 11.9. The van der Waals surface area contributed by atoms with E-state index in [-0.39, 0.29) is 0 Å². The Hall–Kier alpha value is -2.21. The summed E-state index contributed by atoms with van der Waals surface area (Å²) >= 11 is 0. The Morgan fingerprint density at radius 1 is 1.19 bits per heavy atom. The first kappa shape index (κ1) is 13.8. The van der Waals surface area contributed by atoms with Crippen LogP contribution in [0.15, 0.2) is 47.8 Å². The van der Waals surface area contributed by atoms with Gasteiger partial charge in [-0.3, -0.25) is 4.21 Å². The van der Waals surface area contributed by atoms with Gasteiger partial charge in [0.1, 0.15) is 0 Å². The topological polar surface area (TPSA) is 61.9 Å². The average Bonchev–Trinajstić information content (AvgIpc) is 2.91. The highest BCUT2D eigenvalue weighted by Crippen LogP contribution is 2.21. The Morgan fingerprint density at radius 3 is 2.76 bits per heavy atom. The Labute approximate surface area is 125 Å². The van der Waals surface area contributed by atoms with Crippen molar-refractivity contribution in [3.05, 3.63) is 48.2 Å². The molecule has 0 spiro atoms. The number of pyridine rings is 1. The first-order valence-corrected chi connectivity index (χ1v) is 7.91. The molecule has 0 saturated carbocycles. The molecule has 1 aromatic carbocycles. The molecule has 0 fully saturated rings. The molecular weight excluding hydrogens is 284 g/mol. The van der Waals surface area contributed by atoms with E-state index >= 15 is 0 Å². The van der Waals surface area contributed by atoms with E-state index in [4.69, 9.17) is 0 Å². The summed E-state index contributed by atoms with van der Waals surface area (Å²) < 4.78 is 12.5. The van der Waals surface area contributed by atoms with Crippen LogP contribution in [0, 0.1) is 0 Å². The number of H-pyrrole nitrogens is 1. The number of rotatable bonds is 4. The monoisotopic (exact) mass is 300 g/mol. The summed E-state index contributed by atoms with van der Waals surface area (Å²) in [4.78, 5) is 13.6. The average molecular weight is 300 g/mol. The minimum absolute atomic E-state index is 0.425. The molecule has 3 aromatic rings. The molecule has 0 radical (unpaired) electrons. The molecule has 1 atom stereocenters. The summed E-state index contributed by atoms with van der Waals surface area (Å²) in [6.45, 7) is 0. The van der Waals surface area contributed by atoms with Crippen LogP contribution in [0.5, 0.6) is 0 Å². The summed E-state index contributed by atoms with van der Waals surface area (Å²) in [6, 6.07) is 11.7. The summed E-state index contributed by atoms with van der Waals surface area (Å²) in [5.41, 5.74) is 3.51. The van der Waals surface area contributed by atoms with Gasteiger partial charge in [-0.2, -0.15) is 0 Å². The van der Waals surface area contributed by atoms with Gasteiger partial charge in [-0.15, -0.1) is 0 Å². The third-order valence-corrected chi connectivity index (χ3v) is 4.41. The van der Waals surface area contributed by atoms with Crippen molar-refractivity contribution in [2.24, 2.45) is 0 Å². The zero-order valence-corrected chi connectivity index (χ0v) is 12.7. The summed E-state index contributed by atoms with van der Waals surface area (Å²) in [5.74, 6) is 0.425. The standard InChI is InChI=1S/C15H16N4OS/c1-19(2)13-8-4-3-6-11(13)10-21(20)15-17-12-7-5-9-16-14(12)18-15/h3-9H,10H2,1-2H3,(H,16,17,18). The van der Waals surface area contributed by atoms with E-state index in [1.165, 1.54) is 0 Å². The molecule has 2 aromatic heterocycles. The highest BCUT2D eigenvalue weighted by atomic mass is 32.2. The second-order valence-electron chi connectivity index (χ2n) is 4.93. The molecule has 6 heteroatoms. The van der Waals surface area contributed by atoms with Crippen molar-refractivity contribution in [1.82, 2.24) is 15.0 Å². The number of benzene rings is 1. The second kappa shape index (κ2) is 5.65. The van der Waals surface area contributed by atoms with E-state index in [9.17, 15) is 4.21 Å². The molecule has 108 valence electrons. The Bertz CT molecular complexity index is 764. The number of fused-ring (bicyclic) bond motifs is 1. The normalized spacial score (nSPS) is 12.5. The van der Waals surface area contributed by atoms with Gasteiger partial charge >= 0.3 is 0 Å². The maximum absolute atomic E-state index is 12.5. The van der Waals surface area contributed by atoms with Crippen molar-refractivity contribution in [3.63, 3.8) is 0 Å². The van der Waals surface area contributed by atoms with E-state index in [2.05, 4.69) is 15.0 Å². The maximum Gasteiger partial charge on any atom is 0.199 e. The smallest absolute Gasteiger partial charge is 0.199 e. The summed E-state index contributed by atoms with van der Waals surface area (Å²) in [5, 5.41) is 0.470. The molecule has 0 aliphatic heterocycles. The number of nitrogens with zero attached hydrogens (tertiary/aromatic N) is 3. The number of para-hydroxylation sites is 1. The minimum atomic E-state index is -1.23. The lowest BCUT2D eigenvalue weighted by molar-refractivity contribution is 0.677. The molecule has 0 bridgehead atoms. The van der Waals surface area contributed by atoms with Crippen LogP contribution in [-0.2, 0) is 16.6 Å². The van der Waals surface area contributed by atoms with Crippen LogP contribution in [0.1, 0.15) is 5.56 Å². The molecule has 1 unspecified atom stereocenters. The van der Waals surface area contributed by atoms with Crippen LogP contribution in [0.3, 0.4) is 0 Å². The van der Waals surface area contributed by atoms with Crippen LogP contribution in [0.2, 0.25) is 0 Å². The van der Waals surface area contributed by atoms with Gasteiger partial charge in [-0.1, -0.05) is 18.2 Å². The molecule has 21 heavy (non-hydrogen) atoms. The molecule has 0 aliphatic rings. The molecule has 0 saturated heterocycles. The third-order valence-electron chi connectivity index (χ3n) is 3.21. The number of anilines is 1. The molecule has 3 rings (SSSR count). The van der Waals surface area contributed by atoms with E-state index in [1.54, 1.807) is 6.20 Å². The van der Waals surface area contributed by atoms with Crippen molar-refractivity contribution in [2.75, 3.05) is 19.0 Å². The number of nitrogens with one attached hydrogen (secondary N) is 1. The van der Waals surface area contributed by atoms with Crippen molar-refractivity contribution < 1.29 is 4.21 Å². The predicted octanol–water partition coefficient (Wildman–Crippen LogP) is 2.33. The van der Waals surface area contributed by atoms with E-state index < -0.39 is 10.8 Å². The number of imidazole rings is 1. The first-order valence-electron chi connectivity index (χ1n) is 6.59. The minimum Gasteiger partial charge on any atom is -0.377 e. The second-order valence-corrected chi connectivity index (χ2v) is 6.30. The lowest BCUT2D eigenvalue weighted by Crippen LogP contribution is -2.12. The lowest BCUT2D eigenvalue weighted by Gasteiger charge is -2.16. The fraction of sp³-hybridized carbons (Fsp3) is 0.200. The molecular formula is C15H16N4OS. The van der Waals surface area contributed by atoms with Crippen LogP contribution < -0.4 is 4.90 Å². The Kier molecular flexibility index (Phi) is 3.70. The van der Waals surface area contributed by atoms with Crippen molar-refractivity contribution in [1.29, 1.82) is 0 Å². The molecule has 0 amide bonds. The fourth-order valence-corrected chi connectivity index (χ4v) is 3.28. The largest absolute Gasteiger partial charge is 0.377 e. The van der Waals surface area contributed by atoms with E-state index in [0.29, 0.717) is 16.6 Å². The summed E-state index contributed by atoms with van der Waals surface area (Å²) in [6.07, 6.45) is 1.68. The van der Waals surface area contributed by atoms with Gasteiger partial charge in [0, 0.05) is 26.0 Å². The third kappa shape index (κ3) is 2.80. The van der Waals surface area contributed by atoms with Crippen molar-refractivity contribution >= 4 is 27.7 Å². The molecule has 0 aliphatic carbocycles. The Morgan fingerprint density at radius 2 is 2.00 bits per heavy atom. The zero-order chi connectivity index (χ0) is 14.8. The highest BCUT2D eigenvalue weighted by molar-refractivity contribution is 7.84. The van der Waals surface area contributed by atoms with Gasteiger partial charge in [0.25, 0.3) is 0 Å². The molecule has 2 heterocycles. The number of aromatic amines is 1. The quantitative estimate of drug-likeness (QED) is 0.803. The van der Waals surface area contributed by atoms with Gasteiger partial charge < -0.3 is 9.88 Å². The van der Waals surface area contributed by atoms with Gasteiger partial charge in [0.2, 0.25) is 0 Å². The fourth-order valence-electron chi connectivity index (χ4n) is 2.21. The van der Waals surface area contributed by atoms with Gasteiger partial charge in [-0.05, 0) is 23.8 Å². The first-order chi connectivity index (χ1) is 10.1. The predicted molar refractivity (Wildman–Crippen MR) is 84.8 cm³/mol. The van der Waals surface area contributed by atoms with Crippen LogP contribution in [0.25, 0.3) is 11.2 Å². The van der Waals surface area contributed by atoms with Crippen molar-refractivity contribution in [2.45, 2.75) is 10.9 Å². The van der Waals surface area contributed by atoms with Crippen LogP contribution in [-0.4, -0.2) is 33.3 Å². The number of hydrogen-bond acceptors (Lipinski definition) is 4. The van der Waals surface area contributed by atoms with Gasteiger partial charge in [-0.25, -0.2) is 9.97 Å².